The number of hydrogen-bond acceptors (Lipinski definition) is 9. The van der Waals surface area contributed by atoms with Gasteiger partial charge in [0.05, 0.1) is 37.7 Å². The second-order valence-corrected chi connectivity index (χ2v) is 9.41. The molecule has 11 nitrogen and oxygen atoms in total. The number of rotatable bonds is 6. The number of piperidine rings is 1. The number of hydrogen-bond donors (Lipinski definition) is 3. The zero-order chi connectivity index (χ0) is 24.9. The molecule has 3 aromatic heterocycles. The molecule has 4 N–H and O–H groups in total. The number of aliphatic hydroxyl groups is 2. The van der Waals surface area contributed by atoms with Crippen LogP contribution in [0.2, 0.25) is 0 Å². The molecule has 0 aliphatic carbocycles. The van der Waals surface area contributed by atoms with Crippen molar-refractivity contribution >= 4 is 28.2 Å². The monoisotopic (exact) mass is 484 g/mol. The zero-order valence-corrected chi connectivity index (χ0v) is 19.9. The van der Waals surface area contributed by atoms with Gasteiger partial charge >= 0.3 is 0 Å². The number of fused-ring (bicyclic) bond motifs is 3. The lowest BCUT2D eigenvalue weighted by Crippen LogP contribution is -2.41. The highest BCUT2D eigenvalue weighted by atomic mass is 19.1. The van der Waals surface area contributed by atoms with Gasteiger partial charge in [-0.15, -0.1) is 5.10 Å². The van der Waals surface area contributed by atoms with E-state index in [1.54, 1.807) is 17.8 Å². The maximum Gasteiger partial charge on any atom is 0.223 e. The van der Waals surface area contributed by atoms with E-state index in [0.717, 1.165) is 18.5 Å². The lowest BCUT2D eigenvalue weighted by atomic mass is 9.92. The molecule has 186 valence electrons. The molecule has 1 aromatic carbocycles. The molecule has 0 bridgehead atoms. The van der Waals surface area contributed by atoms with Crippen molar-refractivity contribution in [3.63, 3.8) is 0 Å². The Morgan fingerprint density at radius 3 is 2.71 bits per heavy atom. The summed E-state index contributed by atoms with van der Waals surface area (Å²) in [5.41, 5.74) is 7.09. The van der Waals surface area contributed by atoms with Crippen molar-refractivity contribution in [1.82, 2.24) is 29.4 Å². The highest BCUT2D eigenvalue weighted by Crippen LogP contribution is 2.34. The first kappa shape index (κ1) is 23.2. The number of benzene rings is 1. The predicted octanol–water partition coefficient (Wildman–Crippen LogP) is 1.68. The SMILES string of the molecule is COc1cc2nc(N)n3nc(C4CCC(C)N(c5cnn(C(C)(CO)CO)c5)C4)nc3c2cc1F. The molecule has 2 atom stereocenters. The molecule has 1 saturated heterocycles. The molecular formula is C23H29FN8O3. The summed E-state index contributed by atoms with van der Waals surface area (Å²) in [4.78, 5) is 11.3. The van der Waals surface area contributed by atoms with E-state index in [1.165, 1.54) is 23.8 Å². The molecule has 0 amide bonds. The van der Waals surface area contributed by atoms with Crippen LogP contribution in [0.15, 0.2) is 24.5 Å². The molecule has 1 aliphatic rings. The quantitative estimate of drug-likeness (QED) is 0.373. The van der Waals surface area contributed by atoms with Gasteiger partial charge < -0.3 is 25.6 Å². The third-order valence-electron chi connectivity index (χ3n) is 6.97. The van der Waals surface area contributed by atoms with Gasteiger partial charge in [-0.05, 0) is 32.8 Å². The van der Waals surface area contributed by atoms with Gasteiger partial charge in [0, 0.05) is 36.2 Å². The van der Waals surface area contributed by atoms with E-state index in [9.17, 15) is 14.6 Å². The second-order valence-electron chi connectivity index (χ2n) is 9.41. The van der Waals surface area contributed by atoms with Gasteiger partial charge in [-0.2, -0.15) is 9.61 Å². The van der Waals surface area contributed by atoms with Crippen LogP contribution in [0, 0.1) is 5.82 Å². The summed E-state index contributed by atoms with van der Waals surface area (Å²) < 4.78 is 22.6. The molecule has 4 heterocycles. The van der Waals surface area contributed by atoms with Crippen LogP contribution in [0.4, 0.5) is 16.0 Å². The molecule has 2 unspecified atom stereocenters. The Kier molecular flexibility index (Phi) is 5.72. The minimum absolute atomic E-state index is 0.00839. The minimum atomic E-state index is -0.886. The standard InChI is InChI=1S/C23H29FN8O3/c1-13-4-5-14(9-30(13)15-8-26-31(10-15)23(2,11-33)12-34)20-28-21-16-6-17(24)19(35-3)7-18(16)27-22(25)32(21)29-20/h6-8,10,13-14,33-34H,4-5,9,11-12H2,1-3H3,(H2,25,27). The number of ether oxygens (including phenoxy) is 1. The Bertz CT molecular complexity index is 1380. The van der Waals surface area contributed by atoms with Crippen LogP contribution in [0.1, 0.15) is 38.4 Å². The van der Waals surface area contributed by atoms with Crippen LogP contribution < -0.4 is 15.4 Å². The molecule has 12 heteroatoms. The second kappa shape index (κ2) is 8.61. The van der Waals surface area contributed by atoms with Gasteiger partial charge in [0.25, 0.3) is 0 Å². The first-order chi connectivity index (χ1) is 16.8. The Morgan fingerprint density at radius 2 is 2.00 bits per heavy atom. The maximum absolute atomic E-state index is 14.4. The third-order valence-corrected chi connectivity index (χ3v) is 6.97. The fourth-order valence-electron chi connectivity index (χ4n) is 4.61. The van der Waals surface area contributed by atoms with E-state index < -0.39 is 11.4 Å². The Hall–Kier alpha value is -3.51. The highest BCUT2D eigenvalue weighted by Gasteiger charge is 2.32. The third kappa shape index (κ3) is 3.82. The number of nitrogen functional groups attached to an aromatic ring is 1. The average molecular weight is 485 g/mol. The predicted molar refractivity (Wildman–Crippen MR) is 128 cm³/mol. The van der Waals surface area contributed by atoms with E-state index in [4.69, 9.17) is 15.5 Å². The van der Waals surface area contributed by atoms with E-state index in [0.29, 0.717) is 28.9 Å². The molecule has 0 spiro atoms. The number of methoxy groups -OCH3 is 1. The number of anilines is 2. The maximum atomic E-state index is 14.4. The van der Waals surface area contributed by atoms with Crippen molar-refractivity contribution < 1.29 is 19.3 Å². The molecule has 4 aromatic rings. The van der Waals surface area contributed by atoms with Crippen LogP contribution in [-0.4, -0.2) is 72.5 Å². The van der Waals surface area contributed by atoms with E-state index in [1.807, 2.05) is 6.20 Å². The van der Waals surface area contributed by atoms with Crippen LogP contribution in [0.5, 0.6) is 5.75 Å². The molecule has 1 fully saturated rings. The fourth-order valence-corrected chi connectivity index (χ4v) is 4.61. The number of aliphatic hydroxyl groups excluding tert-OH is 2. The Balaban J connectivity index is 1.49. The molecular weight excluding hydrogens is 455 g/mol. The summed E-state index contributed by atoms with van der Waals surface area (Å²) in [5.74, 6) is 0.362. The van der Waals surface area contributed by atoms with Gasteiger partial charge in [-0.1, -0.05) is 0 Å². The Morgan fingerprint density at radius 1 is 1.23 bits per heavy atom. The van der Waals surface area contributed by atoms with Gasteiger partial charge in [-0.3, -0.25) is 4.68 Å². The van der Waals surface area contributed by atoms with Crippen LogP contribution >= 0.6 is 0 Å². The summed E-state index contributed by atoms with van der Waals surface area (Å²) in [7, 11) is 1.40. The average Bonchev–Trinajstić information content (AvgIpc) is 3.53. The zero-order valence-electron chi connectivity index (χ0n) is 19.9. The fraction of sp³-hybridized carbons (Fsp3) is 0.478. The number of nitrogens with zero attached hydrogens (tertiary/aromatic N) is 7. The first-order valence-corrected chi connectivity index (χ1v) is 11.5. The summed E-state index contributed by atoms with van der Waals surface area (Å²) >= 11 is 0. The lowest BCUT2D eigenvalue weighted by molar-refractivity contribution is 0.0681. The van der Waals surface area contributed by atoms with Crippen LogP contribution in [0.25, 0.3) is 16.6 Å². The summed E-state index contributed by atoms with van der Waals surface area (Å²) in [6, 6.07) is 3.10. The lowest BCUT2D eigenvalue weighted by Gasteiger charge is -2.38. The summed E-state index contributed by atoms with van der Waals surface area (Å²) in [5, 5.41) is 29.0. The molecule has 0 saturated carbocycles. The largest absolute Gasteiger partial charge is 0.494 e. The minimum Gasteiger partial charge on any atom is -0.494 e. The van der Waals surface area contributed by atoms with Crippen LogP contribution in [0.3, 0.4) is 0 Å². The van der Waals surface area contributed by atoms with Crippen molar-refractivity contribution in [2.75, 3.05) is 37.5 Å². The van der Waals surface area contributed by atoms with E-state index >= 15 is 0 Å². The normalized spacial score (nSPS) is 19.1. The molecule has 0 radical (unpaired) electrons. The Labute approximate surface area is 200 Å². The molecule has 1 aliphatic heterocycles. The molecule has 5 rings (SSSR count). The smallest absolute Gasteiger partial charge is 0.223 e. The van der Waals surface area contributed by atoms with E-state index in [2.05, 4.69) is 27.0 Å². The van der Waals surface area contributed by atoms with Crippen molar-refractivity contribution in [2.45, 2.75) is 44.2 Å². The number of aromatic nitrogens is 6. The van der Waals surface area contributed by atoms with Crippen molar-refractivity contribution in [1.29, 1.82) is 0 Å². The van der Waals surface area contributed by atoms with Crippen LogP contribution in [-0.2, 0) is 5.54 Å². The highest BCUT2D eigenvalue weighted by molar-refractivity contribution is 5.93. The van der Waals surface area contributed by atoms with E-state index in [-0.39, 0.29) is 36.9 Å². The van der Waals surface area contributed by atoms with Crippen molar-refractivity contribution in [3.8, 4) is 5.75 Å². The summed E-state index contributed by atoms with van der Waals surface area (Å²) in [6.45, 7) is 4.07. The summed E-state index contributed by atoms with van der Waals surface area (Å²) in [6.07, 6.45) is 5.36. The van der Waals surface area contributed by atoms with Gasteiger partial charge in [0.1, 0.15) is 5.54 Å². The van der Waals surface area contributed by atoms with Crippen molar-refractivity contribution in [2.24, 2.45) is 0 Å². The number of halogens is 1. The van der Waals surface area contributed by atoms with Crippen molar-refractivity contribution in [3.05, 3.63) is 36.2 Å². The molecule has 35 heavy (non-hydrogen) atoms. The van der Waals surface area contributed by atoms with Gasteiger partial charge in [0.15, 0.2) is 23.0 Å². The van der Waals surface area contributed by atoms with Gasteiger partial charge in [-0.25, -0.2) is 14.4 Å². The number of nitrogens with two attached hydrogens (primary N) is 1. The first-order valence-electron chi connectivity index (χ1n) is 11.5. The topological polar surface area (TPSA) is 140 Å². The van der Waals surface area contributed by atoms with Gasteiger partial charge in [0.2, 0.25) is 5.95 Å².